The molecule has 6 heteroatoms. The molecule has 0 radical (unpaired) electrons. The van der Waals surface area contributed by atoms with Crippen LogP contribution < -0.4 is 0 Å². The van der Waals surface area contributed by atoms with Crippen LogP contribution in [0.25, 0.3) is 0 Å². The van der Waals surface area contributed by atoms with E-state index in [9.17, 15) is 8.42 Å². The molecule has 0 aliphatic heterocycles. The summed E-state index contributed by atoms with van der Waals surface area (Å²) in [6, 6.07) is 4.84. The average Bonchev–Trinajstić information content (AvgIpc) is 2.12. The van der Waals surface area contributed by atoms with E-state index in [4.69, 9.17) is 23.2 Å². The standard InChI is InChI=1S/C9H10Cl2O3S/c1-2-14-15(12,13)6-7-4-3-5-8(10)9(7)11/h3-5H,2,6H2,1H3. The highest BCUT2D eigenvalue weighted by Gasteiger charge is 2.15. The lowest BCUT2D eigenvalue weighted by Gasteiger charge is -2.06. The first kappa shape index (κ1) is 12.8. The SMILES string of the molecule is CCOS(=O)(=O)Cc1cccc(Cl)c1Cl. The fraction of sp³-hybridized carbons (Fsp3) is 0.333. The number of hydrogen-bond acceptors (Lipinski definition) is 3. The molecular formula is C9H10Cl2O3S. The van der Waals surface area contributed by atoms with E-state index >= 15 is 0 Å². The topological polar surface area (TPSA) is 43.4 Å². The van der Waals surface area contributed by atoms with E-state index in [-0.39, 0.29) is 17.4 Å². The Kier molecular flexibility index (Phi) is 4.40. The van der Waals surface area contributed by atoms with Gasteiger partial charge < -0.3 is 0 Å². The summed E-state index contributed by atoms with van der Waals surface area (Å²) in [4.78, 5) is 0. The third-order valence-corrected chi connectivity index (χ3v) is 3.78. The van der Waals surface area contributed by atoms with E-state index in [1.165, 1.54) is 0 Å². The van der Waals surface area contributed by atoms with Crippen LogP contribution in [0.4, 0.5) is 0 Å². The van der Waals surface area contributed by atoms with Gasteiger partial charge in [0.2, 0.25) is 0 Å². The van der Waals surface area contributed by atoms with Crippen LogP contribution in [-0.2, 0) is 20.1 Å². The summed E-state index contributed by atoms with van der Waals surface area (Å²) < 4.78 is 27.3. The summed E-state index contributed by atoms with van der Waals surface area (Å²) in [7, 11) is -3.57. The highest BCUT2D eigenvalue weighted by Crippen LogP contribution is 2.27. The monoisotopic (exact) mass is 268 g/mol. The summed E-state index contributed by atoms with van der Waals surface area (Å²) >= 11 is 11.6. The maximum Gasteiger partial charge on any atom is 0.271 e. The summed E-state index contributed by atoms with van der Waals surface area (Å²) in [5, 5.41) is 0.586. The van der Waals surface area contributed by atoms with Crippen LogP contribution in [0.1, 0.15) is 12.5 Å². The first-order valence-corrected chi connectivity index (χ1v) is 6.59. The Bertz CT molecular complexity index is 443. The van der Waals surface area contributed by atoms with Crippen molar-refractivity contribution in [3.8, 4) is 0 Å². The molecule has 0 unspecified atom stereocenters. The number of hydrogen-bond donors (Lipinski definition) is 0. The van der Waals surface area contributed by atoms with Gasteiger partial charge in [-0.15, -0.1) is 0 Å². The normalized spacial score (nSPS) is 11.7. The van der Waals surface area contributed by atoms with Gasteiger partial charge in [0.1, 0.15) is 5.75 Å². The molecule has 0 fully saturated rings. The molecule has 1 aromatic rings. The summed E-state index contributed by atoms with van der Waals surface area (Å²) in [6.45, 7) is 1.72. The number of benzene rings is 1. The second kappa shape index (κ2) is 5.16. The first-order chi connectivity index (χ1) is 6.96. The van der Waals surface area contributed by atoms with Gasteiger partial charge in [0.15, 0.2) is 0 Å². The predicted octanol–water partition coefficient (Wildman–Crippen LogP) is 2.86. The average molecular weight is 269 g/mol. The Hall–Kier alpha value is -0.290. The quantitative estimate of drug-likeness (QED) is 0.789. The molecule has 0 bridgehead atoms. The molecule has 1 rings (SSSR count). The Morgan fingerprint density at radius 1 is 1.33 bits per heavy atom. The maximum atomic E-state index is 11.3. The second-order valence-electron chi connectivity index (χ2n) is 2.82. The number of rotatable bonds is 4. The molecule has 0 atom stereocenters. The van der Waals surface area contributed by atoms with E-state index in [1.807, 2.05) is 0 Å². The van der Waals surface area contributed by atoms with Gasteiger partial charge in [-0.3, -0.25) is 4.18 Å². The zero-order valence-corrected chi connectivity index (χ0v) is 10.4. The molecule has 0 saturated carbocycles. The summed E-state index contributed by atoms with van der Waals surface area (Å²) in [5.74, 6) is -0.264. The van der Waals surface area contributed by atoms with Crippen LogP contribution >= 0.6 is 23.2 Å². The van der Waals surface area contributed by atoms with Crippen LogP contribution in [0.5, 0.6) is 0 Å². The summed E-state index contributed by atoms with van der Waals surface area (Å²) in [6.07, 6.45) is 0. The smallest absolute Gasteiger partial charge is 0.270 e. The molecule has 84 valence electrons. The maximum absolute atomic E-state index is 11.3. The van der Waals surface area contributed by atoms with E-state index < -0.39 is 10.1 Å². The molecule has 0 amide bonds. The van der Waals surface area contributed by atoms with E-state index in [2.05, 4.69) is 4.18 Å². The molecule has 0 aromatic heterocycles. The highest BCUT2D eigenvalue weighted by molar-refractivity contribution is 7.85. The van der Waals surface area contributed by atoms with Crippen molar-refractivity contribution >= 4 is 33.3 Å². The van der Waals surface area contributed by atoms with Gasteiger partial charge in [-0.25, -0.2) is 0 Å². The van der Waals surface area contributed by atoms with Gasteiger partial charge in [0.25, 0.3) is 10.1 Å². The minimum Gasteiger partial charge on any atom is -0.270 e. The van der Waals surface area contributed by atoms with Gasteiger partial charge in [-0.05, 0) is 18.6 Å². The molecule has 0 heterocycles. The molecule has 0 spiro atoms. The van der Waals surface area contributed by atoms with E-state index in [0.29, 0.717) is 10.6 Å². The van der Waals surface area contributed by atoms with Crippen molar-refractivity contribution in [2.45, 2.75) is 12.7 Å². The third kappa shape index (κ3) is 3.65. The zero-order chi connectivity index (χ0) is 11.5. The fourth-order valence-corrected chi connectivity index (χ4v) is 2.60. The lowest BCUT2D eigenvalue weighted by molar-refractivity contribution is 0.337. The molecule has 0 aliphatic carbocycles. The van der Waals surface area contributed by atoms with Crippen LogP contribution in [0.2, 0.25) is 10.0 Å². The van der Waals surface area contributed by atoms with E-state index in [1.54, 1.807) is 25.1 Å². The van der Waals surface area contributed by atoms with Crippen molar-refractivity contribution in [1.29, 1.82) is 0 Å². The van der Waals surface area contributed by atoms with E-state index in [0.717, 1.165) is 0 Å². The van der Waals surface area contributed by atoms with Gasteiger partial charge in [0.05, 0.1) is 16.7 Å². The lowest BCUT2D eigenvalue weighted by Crippen LogP contribution is -2.08. The van der Waals surface area contributed by atoms with Crippen molar-refractivity contribution in [2.75, 3.05) is 6.61 Å². The molecule has 0 saturated heterocycles. The van der Waals surface area contributed by atoms with Gasteiger partial charge >= 0.3 is 0 Å². The summed E-state index contributed by atoms with van der Waals surface area (Å²) in [5.41, 5.74) is 0.442. The first-order valence-electron chi connectivity index (χ1n) is 4.26. The largest absolute Gasteiger partial charge is 0.271 e. The highest BCUT2D eigenvalue weighted by atomic mass is 35.5. The Morgan fingerprint density at radius 2 is 2.00 bits per heavy atom. The molecule has 0 aliphatic rings. The van der Waals surface area contributed by atoms with Gasteiger partial charge in [0, 0.05) is 0 Å². The second-order valence-corrected chi connectivity index (χ2v) is 5.25. The van der Waals surface area contributed by atoms with Crippen molar-refractivity contribution in [3.63, 3.8) is 0 Å². The molecule has 15 heavy (non-hydrogen) atoms. The van der Waals surface area contributed by atoms with Crippen molar-refractivity contribution in [2.24, 2.45) is 0 Å². The third-order valence-electron chi connectivity index (χ3n) is 1.66. The van der Waals surface area contributed by atoms with Crippen LogP contribution in [0.3, 0.4) is 0 Å². The minimum atomic E-state index is -3.57. The molecule has 3 nitrogen and oxygen atoms in total. The predicted molar refractivity (Wildman–Crippen MR) is 60.7 cm³/mol. The van der Waals surface area contributed by atoms with Crippen LogP contribution in [-0.4, -0.2) is 15.0 Å². The van der Waals surface area contributed by atoms with Gasteiger partial charge in [-0.1, -0.05) is 35.3 Å². The Balaban J connectivity index is 2.95. The minimum absolute atomic E-state index is 0.112. The van der Waals surface area contributed by atoms with Crippen molar-refractivity contribution < 1.29 is 12.6 Å². The van der Waals surface area contributed by atoms with Crippen LogP contribution in [0.15, 0.2) is 18.2 Å². The zero-order valence-electron chi connectivity index (χ0n) is 8.04. The van der Waals surface area contributed by atoms with Crippen molar-refractivity contribution in [3.05, 3.63) is 33.8 Å². The lowest BCUT2D eigenvalue weighted by atomic mass is 10.2. The number of halogens is 2. The Morgan fingerprint density at radius 3 is 2.60 bits per heavy atom. The fourth-order valence-electron chi connectivity index (χ4n) is 1.07. The van der Waals surface area contributed by atoms with Gasteiger partial charge in [-0.2, -0.15) is 8.42 Å². The Labute approximate surface area is 99.1 Å². The molecule has 1 aromatic carbocycles. The molecular weight excluding hydrogens is 259 g/mol. The van der Waals surface area contributed by atoms with Crippen molar-refractivity contribution in [1.82, 2.24) is 0 Å². The van der Waals surface area contributed by atoms with Crippen LogP contribution in [0, 0.1) is 0 Å². The molecule has 0 N–H and O–H groups in total.